The molecule has 0 aliphatic heterocycles. The van der Waals surface area contributed by atoms with Crippen LogP contribution in [0, 0.1) is 13.8 Å². The van der Waals surface area contributed by atoms with Crippen LogP contribution in [-0.4, -0.2) is 33.9 Å². The average Bonchev–Trinajstić information content (AvgIpc) is 2.82. The van der Waals surface area contributed by atoms with Gasteiger partial charge in [-0.25, -0.2) is 9.78 Å². The van der Waals surface area contributed by atoms with Gasteiger partial charge in [0.25, 0.3) is 0 Å². The van der Waals surface area contributed by atoms with Crippen molar-refractivity contribution in [3.05, 3.63) is 45.9 Å². The average molecular weight is 403 g/mol. The summed E-state index contributed by atoms with van der Waals surface area (Å²) in [5.41, 5.74) is 1.62. The van der Waals surface area contributed by atoms with Crippen molar-refractivity contribution in [1.29, 1.82) is 0 Å². The molecule has 0 fully saturated rings. The minimum absolute atomic E-state index is 0.00674. The van der Waals surface area contributed by atoms with E-state index in [1.54, 1.807) is 10.8 Å². The van der Waals surface area contributed by atoms with E-state index in [4.69, 9.17) is 16.3 Å². The van der Waals surface area contributed by atoms with Gasteiger partial charge in [0.15, 0.2) is 0 Å². The molecule has 0 atom stereocenters. The predicted octanol–water partition coefficient (Wildman–Crippen LogP) is 3.77. The molecular weight excluding hydrogens is 385 g/mol. The Bertz CT molecular complexity index is 863. The lowest BCUT2D eigenvalue weighted by Gasteiger charge is -2.10. The molecule has 6 nitrogen and oxygen atoms in total. The summed E-state index contributed by atoms with van der Waals surface area (Å²) >= 11 is 5.77. The first-order valence-electron chi connectivity index (χ1n) is 7.91. The van der Waals surface area contributed by atoms with Crippen LogP contribution in [0.25, 0.3) is 6.08 Å². The van der Waals surface area contributed by atoms with Gasteiger partial charge < -0.3 is 10.1 Å². The van der Waals surface area contributed by atoms with Crippen molar-refractivity contribution in [2.24, 2.45) is 7.05 Å². The molecule has 2 rings (SSSR count). The van der Waals surface area contributed by atoms with Crippen LogP contribution < -0.4 is 5.32 Å². The van der Waals surface area contributed by atoms with Crippen molar-refractivity contribution in [2.45, 2.75) is 20.0 Å². The number of aryl methyl sites for hydroxylation is 2. The van der Waals surface area contributed by atoms with Crippen LogP contribution in [0.4, 0.5) is 19.0 Å². The smallest absolute Gasteiger partial charge is 0.417 e. The Labute approximate surface area is 159 Å². The van der Waals surface area contributed by atoms with Crippen molar-refractivity contribution in [3.8, 4) is 0 Å². The number of pyridine rings is 1. The zero-order valence-corrected chi connectivity index (χ0v) is 15.6. The molecule has 0 unspecified atom stereocenters. The molecule has 0 saturated heterocycles. The van der Waals surface area contributed by atoms with Gasteiger partial charge in [0.05, 0.1) is 22.8 Å². The fourth-order valence-corrected chi connectivity index (χ4v) is 2.51. The molecule has 2 aromatic rings. The molecule has 0 radical (unpaired) electrons. The van der Waals surface area contributed by atoms with Gasteiger partial charge >= 0.3 is 12.1 Å². The highest BCUT2D eigenvalue weighted by Gasteiger charge is 2.31. The summed E-state index contributed by atoms with van der Waals surface area (Å²) in [5, 5.41) is 6.79. The largest absolute Gasteiger partial charge is 0.461 e. The van der Waals surface area contributed by atoms with Gasteiger partial charge in [-0.1, -0.05) is 11.6 Å². The van der Waals surface area contributed by atoms with Crippen molar-refractivity contribution in [2.75, 3.05) is 18.5 Å². The number of esters is 1. The highest BCUT2D eigenvalue weighted by atomic mass is 35.5. The molecule has 0 saturated carbocycles. The van der Waals surface area contributed by atoms with E-state index in [-0.39, 0.29) is 24.0 Å². The lowest BCUT2D eigenvalue weighted by molar-refractivity contribution is -0.138. The predicted molar refractivity (Wildman–Crippen MR) is 95.4 cm³/mol. The van der Waals surface area contributed by atoms with E-state index in [1.807, 2.05) is 20.9 Å². The van der Waals surface area contributed by atoms with Crippen LogP contribution >= 0.6 is 11.6 Å². The fourth-order valence-electron chi connectivity index (χ4n) is 2.27. The Kier molecular flexibility index (Phi) is 6.48. The van der Waals surface area contributed by atoms with Gasteiger partial charge in [0, 0.05) is 30.6 Å². The van der Waals surface area contributed by atoms with E-state index in [9.17, 15) is 18.0 Å². The summed E-state index contributed by atoms with van der Waals surface area (Å²) in [5.74, 6) is -0.469. The Morgan fingerprint density at radius 1 is 1.41 bits per heavy atom. The van der Waals surface area contributed by atoms with Crippen LogP contribution in [-0.2, 0) is 22.8 Å². The summed E-state index contributed by atoms with van der Waals surface area (Å²) in [6.07, 6.45) is -0.911. The first-order chi connectivity index (χ1) is 12.6. The lowest BCUT2D eigenvalue weighted by Crippen LogP contribution is -2.14. The number of anilines is 1. The summed E-state index contributed by atoms with van der Waals surface area (Å²) < 4.78 is 44.4. The van der Waals surface area contributed by atoms with Crippen molar-refractivity contribution >= 4 is 29.5 Å². The third-order valence-electron chi connectivity index (χ3n) is 3.76. The van der Waals surface area contributed by atoms with Crippen molar-refractivity contribution in [1.82, 2.24) is 14.8 Å². The molecule has 0 aliphatic rings. The Hall–Kier alpha value is -2.55. The zero-order chi connectivity index (χ0) is 20.2. The molecule has 0 aromatic carbocycles. The van der Waals surface area contributed by atoms with E-state index < -0.39 is 17.7 Å². The third kappa shape index (κ3) is 5.46. The second-order valence-electron chi connectivity index (χ2n) is 5.69. The van der Waals surface area contributed by atoms with Crippen molar-refractivity contribution in [3.63, 3.8) is 0 Å². The Morgan fingerprint density at radius 2 is 2.11 bits per heavy atom. The van der Waals surface area contributed by atoms with E-state index in [1.165, 1.54) is 6.08 Å². The number of halogens is 4. The van der Waals surface area contributed by atoms with E-state index >= 15 is 0 Å². The maximum atomic E-state index is 12.6. The van der Waals surface area contributed by atoms with Crippen LogP contribution in [0.5, 0.6) is 0 Å². The van der Waals surface area contributed by atoms with Crippen LogP contribution in [0.3, 0.4) is 0 Å². The number of alkyl halides is 3. The number of ether oxygens (including phenoxy) is 1. The van der Waals surface area contributed by atoms with Crippen LogP contribution in [0.1, 0.15) is 22.5 Å². The number of hydrogen-bond acceptors (Lipinski definition) is 5. The molecular formula is C17H18ClF3N4O2. The molecule has 0 bridgehead atoms. The second-order valence-corrected chi connectivity index (χ2v) is 6.10. The van der Waals surface area contributed by atoms with Crippen LogP contribution in [0.15, 0.2) is 18.3 Å². The number of aromatic nitrogens is 3. The normalized spacial score (nSPS) is 11.8. The minimum Gasteiger partial charge on any atom is -0.461 e. The fraction of sp³-hybridized carbons (Fsp3) is 0.353. The topological polar surface area (TPSA) is 69.0 Å². The molecule has 146 valence electrons. The SMILES string of the molecule is Cc1nn(C)c(C)c1/C=C/C(=O)OCCNc1ncc(C(F)(F)F)cc1Cl. The maximum Gasteiger partial charge on any atom is 0.417 e. The second kappa shape index (κ2) is 8.43. The number of nitrogens with zero attached hydrogens (tertiary/aromatic N) is 3. The summed E-state index contributed by atoms with van der Waals surface area (Å²) in [6.45, 7) is 3.86. The van der Waals surface area contributed by atoms with Crippen LogP contribution in [0.2, 0.25) is 5.02 Å². The van der Waals surface area contributed by atoms with Gasteiger partial charge in [-0.2, -0.15) is 18.3 Å². The molecule has 2 heterocycles. The maximum absolute atomic E-state index is 12.6. The number of hydrogen-bond donors (Lipinski definition) is 1. The monoisotopic (exact) mass is 402 g/mol. The minimum atomic E-state index is -4.51. The van der Waals surface area contributed by atoms with Gasteiger partial charge in [0.2, 0.25) is 0 Å². The molecule has 0 aliphatic carbocycles. The molecule has 0 spiro atoms. The Balaban J connectivity index is 1.83. The third-order valence-corrected chi connectivity index (χ3v) is 4.05. The number of nitrogens with one attached hydrogen (secondary N) is 1. The molecule has 1 N–H and O–H groups in total. The molecule has 2 aromatic heterocycles. The summed E-state index contributed by atoms with van der Waals surface area (Å²) in [4.78, 5) is 15.4. The number of rotatable bonds is 6. The number of carbonyl (C=O) groups is 1. The Morgan fingerprint density at radius 3 is 2.67 bits per heavy atom. The van der Waals surface area contributed by atoms with E-state index in [0.29, 0.717) is 6.20 Å². The van der Waals surface area contributed by atoms with Crippen molar-refractivity contribution < 1.29 is 22.7 Å². The van der Waals surface area contributed by atoms with E-state index in [2.05, 4.69) is 15.4 Å². The summed E-state index contributed by atoms with van der Waals surface area (Å²) in [7, 11) is 1.81. The first-order valence-corrected chi connectivity index (χ1v) is 8.29. The number of carbonyl (C=O) groups excluding carboxylic acids is 1. The molecule has 27 heavy (non-hydrogen) atoms. The lowest BCUT2D eigenvalue weighted by atomic mass is 10.2. The highest BCUT2D eigenvalue weighted by molar-refractivity contribution is 6.32. The van der Waals surface area contributed by atoms with Gasteiger partial charge in [-0.3, -0.25) is 4.68 Å². The van der Waals surface area contributed by atoms with E-state index in [0.717, 1.165) is 23.0 Å². The quantitative estimate of drug-likeness (QED) is 0.452. The first kappa shape index (κ1) is 20.8. The van der Waals surface area contributed by atoms with Gasteiger partial charge in [-0.05, 0) is 26.0 Å². The van der Waals surface area contributed by atoms with Gasteiger partial charge in [-0.15, -0.1) is 0 Å². The standard InChI is InChI=1S/C17H18ClF3N4O2/c1-10-13(11(2)25(3)24-10)4-5-15(26)27-7-6-22-16-14(18)8-12(9-23-16)17(19,20)21/h4-5,8-9H,6-7H2,1-3H3,(H,22,23)/b5-4+. The van der Waals surface area contributed by atoms with Gasteiger partial charge in [0.1, 0.15) is 12.4 Å². The summed E-state index contributed by atoms with van der Waals surface area (Å²) in [6, 6.07) is 0.782. The molecule has 0 amide bonds. The zero-order valence-electron chi connectivity index (χ0n) is 14.9. The molecule has 10 heteroatoms. The highest BCUT2D eigenvalue weighted by Crippen LogP contribution is 2.32.